The summed E-state index contributed by atoms with van der Waals surface area (Å²) in [4.78, 5) is 36.6. The zero-order valence-electron chi connectivity index (χ0n) is 17.1. The molecule has 2 amide bonds. The Morgan fingerprint density at radius 1 is 0.968 bits per heavy atom. The highest BCUT2D eigenvalue weighted by Crippen LogP contribution is 2.24. The molecule has 0 bridgehead atoms. The molecule has 1 aliphatic rings. The molecule has 2 aromatic heterocycles. The molecule has 0 radical (unpaired) electrons. The van der Waals surface area contributed by atoms with Crippen molar-refractivity contribution >= 4 is 11.8 Å². The van der Waals surface area contributed by atoms with E-state index in [-0.39, 0.29) is 31.4 Å². The van der Waals surface area contributed by atoms with Crippen molar-refractivity contribution in [2.45, 2.75) is 18.6 Å². The van der Waals surface area contributed by atoms with Crippen molar-refractivity contribution in [2.75, 3.05) is 19.7 Å². The minimum atomic E-state index is -1.23. The number of ether oxygens (including phenoxy) is 1. The lowest BCUT2D eigenvalue weighted by Crippen LogP contribution is -2.62. The molecule has 3 heterocycles. The number of pyridine rings is 2. The van der Waals surface area contributed by atoms with Gasteiger partial charge in [-0.25, -0.2) is 0 Å². The minimum Gasteiger partial charge on any atom is -0.361 e. The molecule has 1 aromatic carbocycles. The van der Waals surface area contributed by atoms with Gasteiger partial charge < -0.3 is 15.0 Å². The lowest BCUT2D eigenvalue weighted by Gasteiger charge is -2.41. The monoisotopic (exact) mass is 416 g/mol. The van der Waals surface area contributed by atoms with Crippen LogP contribution in [-0.2, 0) is 22.5 Å². The summed E-state index contributed by atoms with van der Waals surface area (Å²) in [6.07, 6.45) is 3.53. The lowest BCUT2D eigenvalue weighted by atomic mass is 9.93. The molecular weight excluding hydrogens is 392 g/mol. The van der Waals surface area contributed by atoms with Crippen molar-refractivity contribution in [1.29, 1.82) is 0 Å². The van der Waals surface area contributed by atoms with Crippen LogP contribution in [0.3, 0.4) is 0 Å². The standard InChI is InChI=1S/C24H24N4O3/c29-22(21-11-5-7-13-26-21)28-14-15-31-24(18-28,16-20-10-4-6-12-25-20)23(30)27-17-19-8-2-1-3-9-19/h1-13H,14-18H2,(H,27,30)/t24-/m1/s1. The maximum Gasteiger partial charge on any atom is 0.272 e. The first-order valence-electron chi connectivity index (χ1n) is 10.2. The van der Waals surface area contributed by atoms with Gasteiger partial charge in [0, 0.05) is 37.6 Å². The highest BCUT2D eigenvalue weighted by atomic mass is 16.5. The van der Waals surface area contributed by atoms with E-state index in [9.17, 15) is 9.59 Å². The molecule has 0 aliphatic carbocycles. The number of nitrogens with one attached hydrogen (secondary N) is 1. The largest absolute Gasteiger partial charge is 0.361 e. The number of carbonyl (C=O) groups is 2. The highest BCUT2D eigenvalue weighted by molar-refractivity contribution is 5.93. The summed E-state index contributed by atoms with van der Waals surface area (Å²) < 4.78 is 6.07. The van der Waals surface area contributed by atoms with E-state index in [1.54, 1.807) is 35.5 Å². The molecule has 4 rings (SSSR count). The number of carbonyl (C=O) groups excluding carboxylic acids is 2. The molecule has 1 saturated heterocycles. The van der Waals surface area contributed by atoms with Crippen LogP contribution in [0.2, 0.25) is 0 Å². The third-order valence-corrected chi connectivity index (χ3v) is 5.26. The van der Waals surface area contributed by atoms with Gasteiger partial charge in [-0.2, -0.15) is 0 Å². The average Bonchev–Trinajstić information content (AvgIpc) is 2.84. The van der Waals surface area contributed by atoms with Gasteiger partial charge in [0.15, 0.2) is 5.60 Å². The Morgan fingerprint density at radius 2 is 1.71 bits per heavy atom. The van der Waals surface area contributed by atoms with Gasteiger partial charge in [0.1, 0.15) is 5.69 Å². The Hall–Kier alpha value is -3.58. The second-order valence-electron chi connectivity index (χ2n) is 7.45. The van der Waals surface area contributed by atoms with Crippen LogP contribution < -0.4 is 5.32 Å². The van der Waals surface area contributed by atoms with E-state index < -0.39 is 5.60 Å². The molecule has 7 nitrogen and oxygen atoms in total. The SMILES string of the molecule is O=C(c1ccccn1)N1CCO[C@@](Cc2ccccn2)(C(=O)NCc2ccccc2)C1. The van der Waals surface area contributed by atoms with Gasteiger partial charge in [0.25, 0.3) is 11.8 Å². The number of benzene rings is 1. The summed E-state index contributed by atoms with van der Waals surface area (Å²) in [6.45, 7) is 1.15. The maximum atomic E-state index is 13.4. The minimum absolute atomic E-state index is 0.125. The summed E-state index contributed by atoms with van der Waals surface area (Å²) in [5, 5.41) is 2.98. The molecule has 1 N–H and O–H groups in total. The van der Waals surface area contributed by atoms with Crippen molar-refractivity contribution in [3.8, 4) is 0 Å². The third kappa shape index (κ3) is 4.95. The molecule has 0 saturated carbocycles. The number of morpholine rings is 1. The van der Waals surface area contributed by atoms with Crippen molar-refractivity contribution in [3.63, 3.8) is 0 Å². The molecule has 3 aromatic rings. The number of hydrogen-bond donors (Lipinski definition) is 1. The van der Waals surface area contributed by atoms with E-state index in [4.69, 9.17) is 4.74 Å². The fourth-order valence-electron chi connectivity index (χ4n) is 3.67. The van der Waals surface area contributed by atoms with Gasteiger partial charge in [0.2, 0.25) is 0 Å². The van der Waals surface area contributed by atoms with Crippen LogP contribution >= 0.6 is 0 Å². The fraction of sp³-hybridized carbons (Fsp3) is 0.250. The normalized spacial score (nSPS) is 18.4. The summed E-state index contributed by atoms with van der Waals surface area (Å²) in [6, 6.07) is 20.4. The Bertz CT molecular complexity index is 1010. The molecule has 1 atom stereocenters. The zero-order chi connectivity index (χ0) is 21.5. The van der Waals surface area contributed by atoms with E-state index in [1.807, 2.05) is 48.5 Å². The number of nitrogens with zero attached hydrogens (tertiary/aromatic N) is 3. The van der Waals surface area contributed by atoms with Crippen LogP contribution in [0.1, 0.15) is 21.7 Å². The molecule has 158 valence electrons. The first-order valence-corrected chi connectivity index (χ1v) is 10.2. The summed E-state index contributed by atoms with van der Waals surface area (Å²) in [5.74, 6) is -0.481. The maximum absolute atomic E-state index is 13.4. The molecular formula is C24H24N4O3. The van der Waals surface area contributed by atoms with Crippen molar-refractivity contribution in [1.82, 2.24) is 20.2 Å². The van der Waals surface area contributed by atoms with Crippen LogP contribution in [0.15, 0.2) is 79.1 Å². The van der Waals surface area contributed by atoms with E-state index >= 15 is 0 Å². The van der Waals surface area contributed by atoms with Gasteiger partial charge in [-0.1, -0.05) is 42.5 Å². The number of amides is 2. The van der Waals surface area contributed by atoms with E-state index in [1.165, 1.54) is 0 Å². The summed E-state index contributed by atoms with van der Waals surface area (Å²) >= 11 is 0. The molecule has 1 fully saturated rings. The number of hydrogen-bond acceptors (Lipinski definition) is 5. The molecule has 0 unspecified atom stereocenters. The van der Waals surface area contributed by atoms with Gasteiger partial charge in [-0.3, -0.25) is 19.6 Å². The Labute approximate surface area is 181 Å². The predicted molar refractivity (Wildman–Crippen MR) is 115 cm³/mol. The molecule has 7 heteroatoms. The van der Waals surface area contributed by atoms with Gasteiger partial charge in [-0.05, 0) is 29.8 Å². The molecule has 31 heavy (non-hydrogen) atoms. The smallest absolute Gasteiger partial charge is 0.272 e. The topological polar surface area (TPSA) is 84.4 Å². The van der Waals surface area contributed by atoms with Crippen LogP contribution in [-0.4, -0.2) is 52.0 Å². The quantitative estimate of drug-likeness (QED) is 0.666. The van der Waals surface area contributed by atoms with Crippen LogP contribution in [0.25, 0.3) is 0 Å². The number of aromatic nitrogens is 2. The van der Waals surface area contributed by atoms with Crippen LogP contribution in [0.5, 0.6) is 0 Å². The first-order chi connectivity index (χ1) is 15.2. The summed E-state index contributed by atoms with van der Waals surface area (Å²) in [7, 11) is 0. The zero-order valence-corrected chi connectivity index (χ0v) is 17.1. The van der Waals surface area contributed by atoms with Gasteiger partial charge in [-0.15, -0.1) is 0 Å². The number of rotatable bonds is 6. The Kier molecular flexibility index (Phi) is 6.33. The highest BCUT2D eigenvalue weighted by Gasteiger charge is 2.45. The third-order valence-electron chi connectivity index (χ3n) is 5.26. The van der Waals surface area contributed by atoms with Crippen LogP contribution in [0.4, 0.5) is 0 Å². The van der Waals surface area contributed by atoms with Gasteiger partial charge >= 0.3 is 0 Å². The van der Waals surface area contributed by atoms with Gasteiger partial charge in [0.05, 0.1) is 13.2 Å². The van der Waals surface area contributed by atoms with E-state index in [2.05, 4.69) is 15.3 Å². The molecule has 0 spiro atoms. The second-order valence-corrected chi connectivity index (χ2v) is 7.45. The van der Waals surface area contributed by atoms with Crippen molar-refractivity contribution in [3.05, 3.63) is 96.1 Å². The fourth-order valence-corrected chi connectivity index (χ4v) is 3.67. The lowest BCUT2D eigenvalue weighted by molar-refractivity contribution is -0.157. The predicted octanol–water partition coefficient (Wildman–Crippen LogP) is 2.25. The molecule has 1 aliphatic heterocycles. The first kappa shape index (κ1) is 20.7. The van der Waals surface area contributed by atoms with E-state index in [0.717, 1.165) is 11.3 Å². The second kappa shape index (κ2) is 9.49. The summed E-state index contributed by atoms with van der Waals surface area (Å²) in [5.41, 5.74) is 0.831. The Balaban J connectivity index is 1.57. The Morgan fingerprint density at radius 3 is 2.42 bits per heavy atom. The van der Waals surface area contributed by atoms with Crippen molar-refractivity contribution in [2.24, 2.45) is 0 Å². The average molecular weight is 416 g/mol. The van der Waals surface area contributed by atoms with E-state index in [0.29, 0.717) is 18.8 Å². The van der Waals surface area contributed by atoms with Crippen LogP contribution in [0, 0.1) is 0 Å². The van der Waals surface area contributed by atoms with Crippen molar-refractivity contribution < 1.29 is 14.3 Å².